The maximum atomic E-state index is 13.2. The van der Waals surface area contributed by atoms with Crippen LogP contribution in [-0.4, -0.2) is 56.6 Å². The van der Waals surface area contributed by atoms with Crippen LogP contribution in [0.15, 0.2) is 11.6 Å². The number of anilines is 1. The average molecular weight is 427 g/mol. The van der Waals surface area contributed by atoms with E-state index in [1.807, 2.05) is 0 Å². The molecule has 3 amide bonds. The van der Waals surface area contributed by atoms with E-state index in [0.29, 0.717) is 18.0 Å². The van der Waals surface area contributed by atoms with Crippen LogP contribution >= 0.6 is 23.1 Å². The number of alkyl carbamates (subject to hydrolysis) is 1. The summed E-state index contributed by atoms with van der Waals surface area (Å²) in [7, 11) is 0. The van der Waals surface area contributed by atoms with Crippen molar-refractivity contribution in [3.05, 3.63) is 11.6 Å². The van der Waals surface area contributed by atoms with E-state index in [1.165, 1.54) is 11.3 Å². The number of piperidine rings is 1. The first-order valence-electron chi connectivity index (χ1n) is 9.38. The molecular formula is C18H26N4O4S2. The molecule has 10 heteroatoms. The molecular weight excluding hydrogens is 400 g/mol. The van der Waals surface area contributed by atoms with Gasteiger partial charge in [0.15, 0.2) is 5.13 Å². The van der Waals surface area contributed by atoms with Crippen LogP contribution in [0.1, 0.15) is 46.5 Å². The zero-order valence-corrected chi connectivity index (χ0v) is 17.9. The van der Waals surface area contributed by atoms with Crippen LogP contribution in [0.4, 0.5) is 9.93 Å². The number of carbonyl (C=O) groups excluding carboxylic acids is 3. The Labute approximate surface area is 172 Å². The minimum absolute atomic E-state index is 0.0567. The van der Waals surface area contributed by atoms with Crippen molar-refractivity contribution in [3.63, 3.8) is 0 Å². The van der Waals surface area contributed by atoms with Crippen molar-refractivity contribution in [2.24, 2.45) is 0 Å². The third-order valence-electron chi connectivity index (χ3n) is 4.50. The van der Waals surface area contributed by atoms with Crippen LogP contribution in [0, 0.1) is 0 Å². The lowest BCUT2D eigenvalue weighted by molar-refractivity contribution is -0.142. The van der Waals surface area contributed by atoms with Crippen LogP contribution in [0.5, 0.6) is 0 Å². The smallest absolute Gasteiger partial charge is 0.408 e. The van der Waals surface area contributed by atoms with E-state index in [9.17, 15) is 14.4 Å². The maximum absolute atomic E-state index is 13.2. The summed E-state index contributed by atoms with van der Waals surface area (Å²) in [5.41, 5.74) is -0.642. The molecule has 0 aliphatic carbocycles. The number of fused-ring (bicyclic) bond motifs is 1. The Morgan fingerprint density at radius 2 is 2.07 bits per heavy atom. The molecule has 0 bridgehead atoms. The van der Waals surface area contributed by atoms with E-state index in [4.69, 9.17) is 4.74 Å². The van der Waals surface area contributed by atoms with Gasteiger partial charge in [-0.25, -0.2) is 9.78 Å². The van der Waals surface area contributed by atoms with E-state index >= 15 is 0 Å². The van der Waals surface area contributed by atoms with Crippen molar-refractivity contribution >= 4 is 46.1 Å². The highest BCUT2D eigenvalue weighted by Crippen LogP contribution is 2.35. The van der Waals surface area contributed by atoms with Gasteiger partial charge in [-0.3, -0.25) is 9.59 Å². The summed E-state index contributed by atoms with van der Waals surface area (Å²) in [6.45, 7) is 5.32. The van der Waals surface area contributed by atoms with Gasteiger partial charge in [-0.1, -0.05) is 0 Å². The third kappa shape index (κ3) is 5.16. The molecule has 28 heavy (non-hydrogen) atoms. The molecule has 3 heterocycles. The number of nitrogens with zero attached hydrogens (tertiary/aromatic N) is 2. The molecule has 1 aromatic rings. The van der Waals surface area contributed by atoms with Gasteiger partial charge in [0.1, 0.15) is 17.7 Å². The van der Waals surface area contributed by atoms with Crippen molar-refractivity contribution in [2.75, 3.05) is 11.1 Å². The van der Waals surface area contributed by atoms with E-state index < -0.39 is 23.8 Å². The van der Waals surface area contributed by atoms with Crippen LogP contribution < -0.4 is 10.6 Å². The second-order valence-electron chi connectivity index (χ2n) is 7.83. The molecule has 3 atom stereocenters. The van der Waals surface area contributed by atoms with E-state index in [2.05, 4.69) is 15.6 Å². The summed E-state index contributed by atoms with van der Waals surface area (Å²) in [5, 5.41) is 7.75. The zero-order chi connectivity index (χ0) is 20.3. The molecule has 0 spiro atoms. The Morgan fingerprint density at radius 3 is 2.75 bits per heavy atom. The van der Waals surface area contributed by atoms with Crippen molar-refractivity contribution in [1.82, 2.24) is 15.2 Å². The van der Waals surface area contributed by atoms with Crippen LogP contribution in [0.25, 0.3) is 0 Å². The molecule has 0 radical (unpaired) electrons. The summed E-state index contributed by atoms with van der Waals surface area (Å²) in [5.74, 6) is 0.278. The largest absolute Gasteiger partial charge is 0.444 e. The predicted octanol–water partition coefficient (Wildman–Crippen LogP) is 2.82. The first kappa shape index (κ1) is 20.9. The first-order valence-corrected chi connectivity index (χ1v) is 11.3. The molecule has 8 nitrogen and oxygen atoms in total. The highest BCUT2D eigenvalue weighted by atomic mass is 32.2. The average Bonchev–Trinajstić information content (AvgIpc) is 3.06. The second-order valence-corrected chi connectivity index (χ2v) is 10.0. The number of carbonyl (C=O) groups is 3. The van der Waals surface area contributed by atoms with Gasteiger partial charge in [0.25, 0.3) is 0 Å². The molecule has 0 saturated carbocycles. The first-order chi connectivity index (χ1) is 13.2. The van der Waals surface area contributed by atoms with Gasteiger partial charge < -0.3 is 20.3 Å². The highest BCUT2D eigenvalue weighted by molar-refractivity contribution is 7.99. The molecule has 2 N–H and O–H groups in total. The Balaban J connectivity index is 1.73. The standard InChI is InChI=1S/C18H26N4O4S2/c1-18(2,3)26-17(25)20-11-7-9-27-13-6-4-5-12(22(13)15(11)24)14(23)21-16-19-8-10-28-16/h8,10-13H,4-7,9H2,1-3H3,(H,20,25)(H,19,21,23)/t11-,12-,13-/m0/s1. The zero-order valence-electron chi connectivity index (χ0n) is 16.3. The number of amides is 3. The Hall–Kier alpha value is -1.81. The van der Waals surface area contributed by atoms with E-state index in [0.717, 1.165) is 18.6 Å². The summed E-state index contributed by atoms with van der Waals surface area (Å²) < 4.78 is 5.30. The number of thiazole rings is 1. The van der Waals surface area contributed by atoms with Gasteiger partial charge in [-0.15, -0.1) is 23.1 Å². The third-order valence-corrected chi connectivity index (χ3v) is 6.51. The van der Waals surface area contributed by atoms with Gasteiger partial charge in [0.05, 0.1) is 5.37 Å². The van der Waals surface area contributed by atoms with Gasteiger partial charge >= 0.3 is 6.09 Å². The molecule has 2 aliphatic rings. The summed E-state index contributed by atoms with van der Waals surface area (Å²) in [6, 6.07) is -1.26. The summed E-state index contributed by atoms with van der Waals surface area (Å²) >= 11 is 3.00. The number of rotatable bonds is 3. The van der Waals surface area contributed by atoms with Crippen LogP contribution in [-0.2, 0) is 14.3 Å². The molecule has 154 valence electrons. The van der Waals surface area contributed by atoms with Gasteiger partial charge in [0, 0.05) is 11.6 Å². The van der Waals surface area contributed by atoms with Gasteiger partial charge in [-0.05, 0) is 52.2 Å². The van der Waals surface area contributed by atoms with Crippen molar-refractivity contribution in [1.29, 1.82) is 0 Å². The monoisotopic (exact) mass is 426 g/mol. The molecule has 3 rings (SSSR count). The van der Waals surface area contributed by atoms with Crippen LogP contribution in [0.3, 0.4) is 0 Å². The topological polar surface area (TPSA) is 101 Å². The van der Waals surface area contributed by atoms with Gasteiger partial charge in [-0.2, -0.15) is 0 Å². The van der Waals surface area contributed by atoms with Crippen molar-refractivity contribution in [2.45, 2.75) is 69.5 Å². The minimum Gasteiger partial charge on any atom is -0.444 e. The molecule has 0 unspecified atom stereocenters. The van der Waals surface area contributed by atoms with Crippen molar-refractivity contribution < 1.29 is 19.1 Å². The van der Waals surface area contributed by atoms with E-state index in [-0.39, 0.29) is 17.2 Å². The molecule has 2 fully saturated rings. The SMILES string of the molecule is CC(C)(C)OC(=O)N[C@H]1CCS[C@H]2CCC[C@@H](C(=O)Nc3nccs3)N2C1=O. The summed E-state index contributed by atoms with van der Waals surface area (Å²) in [4.78, 5) is 44.0. The second kappa shape index (κ2) is 8.69. The number of hydrogen-bond acceptors (Lipinski definition) is 7. The normalized spacial score (nSPS) is 25.5. The lowest BCUT2D eigenvalue weighted by atomic mass is 9.99. The highest BCUT2D eigenvalue weighted by Gasteiger charge is 2.43. The molecule has 0 aromatic carbocycles. The maximum Gasteiger partial charge on any atom is 0.408 e. The lowest BCUT2D eigenvalue weighted by Gasteiger charge is -2.40. The fourth-order valence-electron chi connectivity index (χ4n) is 3.36. The molecule has 2 aliphatic heterocycles. The van der Waals surface area contributed by atoms with Crippen molar-refractivity contribution in [3.8, 4) is 0 Å². The molecule has 1 aromatic heterocycles. The lowest BCUT2D eigenvalue weighted by Crippen LogP contribution is -2.58. The Morgan fingerprint density at radius 1 is 1.29 bits per heavy atom. The number of hydrogen-bond donors (Lipinski definition) is 2. The molecule has 2 saturated heterocycles. The minimum atomic E-state index is -0.694. The van der Waals surface area contributed by atoms with E-state index in [1.54, 1.807) is 49.0 Å². The number of aromatic nitrogens is 1. The predicted molar refractivity (Wildman–Crippen MR) is 109 cm³/mol. The fraction of sp³-hybridized carbons (Fsp3) is 0.667. The Kier molecular flexibility index (Phi) is 6.49. The fourth-order valence-corrected chi connectivity index (χ4v) is 5.28. The number of thioether (sulfide) groups is 1. The quantitative estimate of drug-likeness (QED) is 0.771. The number of ether oxygens (including phenoxy) is 1. The Bertz CT molecular complexity index is 720. The number of nitrogens with one attached hydrogen (secondary N) is 2. The van der Waals surface area contributed by atoms with Gasteiger partial charge in [0.2, 0.25) is 11.8 Å². The summed E-state index contributed by atoms with van der Waals surface area (Å²) in [6.07, 6.45) is 3.83. The van der Waals surface area contributed by atoms with Crippen LogP contribution in [0.2, 0.25) is 0 Å².